The van der Waals surface area contributed by atoms with Gasteiger partial charge in [0, 0.05) is 41.7 Å². The minimum Gasteiger partial charge on any atom is -0.465 e. The van der Waals surface area contributed by atoms with E-state index in [0.717, 1.165) is 50.9 Å². The number of esters is 1. The summed E-state index contributed by atoms with van der Waals surface area (Å²) in [4.78, 5) is 45.9. The highest BCUT2D eigenvalue weighted by Gasteiger charge is 2.23. The van der Waals surface area contributed by atoms with Crippen molar-refractivity contribution in [1.29, 1.82) is 0 Å². The monoisotopic (exact) mass is 588 g/mol. The molecule has 0 saturated carbocycles. The fourth-order valence-electron chi connectivity index (χ4n) is 6.17. The Bertz CT molecular complexity index is 1700. The Hall–Kier alpha value is -4.98. The molecule has 8 nitrogen and oxygen atoms in total. The summed E-state index contributed by atoms with van der Waals surface area (Å²) in [7, 11) is 1.31. The number of pyridine rings is 1. The van der Waals surface area contributed by atoms with Crippen molar-refractivity contribution in [3.05, 3.63) is 113 Å². The van der Waals surface area contributed by atoms with E-state index in [4.69, 9.17) is 4.74 Å². The van der Waals surface area contributed by atoms with Crippen molar-refractivity contribution in [2.75, 3.05) is 30.4 Å². The van der Waals surface area contributed by atoms with Crippen LogP contribution < -0.4 is 15.5 Å². The number of fused-ring (bicyclic) bond motifs is 1. The number of hydrogen-bond donors (Lipinski definition) is 2. The lowest BCUT2D eigenvalue weighted by atomic mass is 9.87. The van der Waals surface area contributed by atoms with Crippen molar-refractivity contribution >= 4 is 29.2 Å². The molecule has 1 aliphatic heterocycles. The van der Waals surface area contributed by atoms with Crippen LogP contribution in [0, 0.1) is 0 Å². The van der Waals surface area contributed by atoms with Crippen LogP contribution >= 0.6 is 0 Å². The van der Waals surface area contributed by atoms with Crippen molar-refractivity contribution in [2.24, 2.45) is 0 Å². The standard InChI is InChI=1S/C36H36N4O4/c1-44-36(43)27-12-7-11-25(21-27)34(41)39-32-16-15-28(40-19-5-2-6-20-40)23-30(32)33-22-26(17-18-37-33)35(42)38-31-14-8-10-24-9-3-4-13-29(24)31/h3-4,7,9,11-13,15-18,21-23,31H,2,5-6,8,10,14,19-20H2,1H3,(H,38,42)(H,39,41). The van der Waals surface area contributed by atoms with Crippen molar-refractivity contribution in [1.82, 2.24) is 10.3 Å². The first-order valence-electron chi connectivity index (χ1n) is 15.2. The number of amides is 2. The first-order chi connectivity index (χ1) is 21.5. The Balaban J connectivity index is 1.31. The summed E-state index contributed by atoms with van der Waals surface area (Å²) >= 11 is 0. The van der Waals surface area contributed by atoms with Gasteiger partial charge in [-0.15, -0.1) is 0 Å². The number of nitrogens with zero attached hydrogens (tertiary/aromatic N) is 2. The number of methoxy groups -OCH3 is 1. The van der Waals surface area contributed by atoms with Gasteiger partial charge in [0.1, 0.15) is 0 Å². The van der Waals surface area contributed by atoms with E-state index in [1.165, 1.54) is 30.7 Å². The quantitative estimate of drug-likeness (QED) is 0.237. The van der Waals surface area contributed by atoms with E-state index in [1.54, 1.807) is 36.5 Å². The largest absolute Gasteiger partial charge is 0.465 e. The smallest absolute Gasteiger partial charge is 0.337 e. The Labute approximate surface area is 257 Å². The third-order valence-electron chi connectivity index (χ3n) is 8.49. The van der Waals surface area contributed by atoms with Crippen LogP contribution in [0.2, 0.25) is 0 Å². The van der Waals surface area contributed by atoms with Gasteiger partial charge in [-0.2, -0.15) is 0 Å². The van der Waals surface area contributed by atoms with Crippen LogP contribution in [0.25, 0.3) is 11.3 Å². The molecule has 8 heteroatoms. The average Bonchev–Trinajstić information content (AvgIpc) is 3.08. The van der Waals surface area contributed by atoms with E-state index in [1.807, 2.05) is 30.3 Å². The normalized spacial score (nSPS) is 16.0. The minimum atomic E-state index is -0.512. The number of nitrogens with one attached hydrogen (secondary N) is 2. The van der Waals surface area contributed by atoms with Crippen LogP contribution in [0.3, 0.4) is 0 Å². The van der Waals surface area contributed by atoms with Gasteiger partial charge in [-0.25, -0.2) is 4.79 Å². The molecule has 0 bridgehead atoms. The molecule has 0 radical (unpaired) electrons. The number of aryl methyl sites for hydroxylation is 1. The number of carbonyl (C=O) groups excluding carboxylic acids is 3. The predicted molar refractivity (Wildman–Crippen MR) is 171 cm³/mol. The molecule has 1 aliphatic carbocycles. The molecule has 1 unspecified atom stereocenters. The molecule has 2 N–H and O–H groups in total. The maximum Gasteiger partial charge on any atom is 0.337 e. The van der Waals surface area contributed by atoms with Crippen LogP contribution in [-0.2, 0) is 11.2 Å². The predicted octanol–water partition coefficient (Wildman–Crippen LogP) is 6.59. The third-order valence-corrected chi connectivity index (χ3v) is 8.49. The Kier molecular flexibility index (Phi) is 8.68. The molecule has 224 valence electrons. The number of rotatable bonds is 7. The minimum absolute atomic E-state index is 0.0397. The first kappa shape index (κ1) is 29.1. The van der Waals surface area contributed by atoms with Crippen molar-refractivity contribution in [2.45, 2.75) is 44.6 Å². The van der Waals surface area contributed by atoms with Crippen molar-refractivity contribution < 1.29 is 19.1 Å². The summed E-state index contributed by atoms with van der Waals surface area (Å²) in [6, 6.07) is 24.1. The number of benzene rings is 3. The van der Waals surface area contributed by atoms with Gasteiger partial charge in [0.25, 0.3) is 11.8 Å². The van der Waals surface area contributed by atoms with Gasteiger partial charge in [0.05, 0.1) is 30.1 Å². The van der Waals surface area contributed by atoms with Gasteiger partial charge in [0.15, 0.2) is 0 Å². The summed E-state index contributed by atoms with van der Waals surface area (Å²) < 4.78 is 4.82. The summed E-state index contributed by atoms with van der Waals surface area (Å²) in [5, 5.41) is 6.25. The van der Waals surface area contributed by atoms with Crippen LogP contribution in [0.5, 0.6) is 0 Å². The molecular formula is C36H36N4O4. The molecule has 2 amide bonds. The van der Waals surface area contributed by atoms with Crippen molar-refractivity contribution in [3.8, 4) is 11.3 Å². The number of ether oxygens (including phenoxy) is 1. The lowest BCUT2D eigenvalue weighted by molar-refractivity contribution is 0.0600. The van der Waals surface area contributed by atoms with E-state index in [0.29, 0.717) is 33.6 Å². The molecule has 6 rings (SSSR count). The molecule has 44 heavy (non-hydrogen) atoms. The fourth-order valence-corrected chi connectivity index (χ4v) is 6.17. The highest BCUT2D eigenvalue weighted by molar-refractivity contribution is 6.07. The Morgan fingerprint density at radius 2 is 1.61 bits per heavy atom. The van der Waals surface area contributed by atoms with Gasteiger partial charge >= 0.3 is 5.97 Å². The van der Waals surface area contributed by atoms with Gasteiger partial charge < -0.3 is 20.3 Å². The summed E-state index contributed by atoms with van der Waals surface area (Å²) in [5.41, 5.74) is 6.48. The second kappa shape index (κ2) is 13.1. The second-order valence-electron chi connectivity index (χ2n) is 11.4. The highest BCUT2D eigenvalue weighted by atomic mass is 16.5. The Morgan fingerprint density at radius 3 is 2.45 bits per heavy atom. The number of carbonyl (C=O) groups is 3. The van der Waals surface area contributed by atoms with E-state index in [2.05, 4.69) is 32.7 Å². The maximum absolute atomic E-state index is 13.5. The zero-order valence-corrected chi connectivity index (χ0v) is 24.8. The number of aromatic nitrogens is 1. The van der Waals surface area contributed by atoms with Gasteiger partial charge in [-0.1, -0.05) is 30.3 Å². The molecule has 0 spiro atoms. The van der Waals surface area contributed by atoms with E-state index >= 15 is 0 Å². The van der Waals surface area contributed by atoms with E-state index < -0.39 is 5.97 Å². The van der Waals surface area contributed by atoms with E-state index in [9.17, 15) is 14.4 Å². The molecule has 4 aromatic rings. The summed E-state index contributed by atoms with van der Waals surface area (Å²) in [6.07, 6.45) is 8.05. The van der Waals surface area contributed by atoms with Crippen LogP contribution in [0.15, 0.2) is 85.1 Å². The van der Waals surface area contributed by atoms with E-state index in [-0.39, 0.29) is 17.9 Å². The third kappa shape index (κ3) is 6.34. The molecule has 2 aliphatic rings. The number of anilines is 2. The molecular weight excluding hydrogens is 552 g/mol. The summed E-state index contributed by atoms with van der Waals surface area (Å²) in [6.45, 7) is 1.93. The lowest BCUT2D eigenvalue weighted by Gasteiger charge is -2.29. The lowest BCUT2D eigenvalue weighted by Crippen LogP contribution is -2.31. The topological polar surface area (TPSA) is 101 Å². The molecule has 1 fully saturated rings. The highest BCUT2D eigenvalue weighted by Crippen LogP contribution is 2.34. The average molecular weight is 589 g/mol. The van der Waals surface area contributed by atoms with Crippen molar-refractivity contribution in [3.63, 3.8) is 0 Å². The zero-order valence-electron chi connectivity index (χ0n) is 24.8. The maximum atomic E-state index is 13.5. The molecule has 3 aromatic carbocycles. The molecule has 1 saturated heterocycles. The van der Waals surface area contributed by atoms with Crippen LogP contribution in [0.1, 0.15) is 80.3 Å². The second-order valence-corrected chi connectivity index (χ2v) is 11.4. The fraction of sp³-hybridized carbons (Fsp3) is 0.278. The molecule has 1 atom stereocenters. The van der Waals surface area contributed by atoms with Gasteiger partial charge in [-0.3, -0.25) is 14.6 Å². The number of piperidine rings is 1. The first-order valence-corrected chi connectivity index (χ1v) is 15.2. The zero-order chi connectivity index (χ0) is 30.5. The SMILES string of the molecule is COC(=O)c1cccc(C(=O)Nc2ccc(N3CCCCC3)cc2-c2cc(C(=O)NC3CCCc4ccccc43)ccn2)c1. The van der Waals surface area contributed by atoms with Crippen LogP contribution in [0.4, 0.5) is 11.4 Å². The summed E-state index contributed by atoms with van der Waals surface area (Å²) in [5.74, 6) is -1.04. The Morgan fingerprint density at radius 1 is 0.818 bits per heavy atom. The molecule has 1 aromatic heterocycles. The van der Waals surface area contributed by atoms with Gasteiger partial charge in [-0.05, 0) is 98.2 Å². The van der Waals surface area contributed by atoms with Crippen LogP contribution in [-0.4, -0.2) is 43.0 Å². The van der Waals surface area contributed by atoms with Gasteiger partial charge in [0.2, 0.25) is 0 Å². The number of hydrogen-bond acceptors (Lipinski definition) is 6. The molecule has 2 heterocycles.